The topological polar surface area (TPSA) is 29.4 Å². The normalized spacial score (nSPS) is 12.3. The minimum atomic E-state index is 0.0422. The SMILES string of the molecule is CC(=O)CCCCC=NC(C)(C)C. The molecule has 0 amide bonds. The van der Waals surface area contributed by atoms with E-state index in [4.69, 9.17) is 0 Å². The van der Waals surface area contributed by atoms with Gasteiger partial charge in [-0.2, -0.15) is 0 Å². The maximum atomic E-state index is 10.6. The van der Waals surface area contributed by atoms with Crippen LogP contribution in [-0.2, 0) is 4.79 Å². The average Bonchev–Trinajstić information content (AvgIpc) is 1.93. The Morgan fingerprint density at radius 3 is 2.38 bits per heavy atom. The molecule has 0 N–H and O–H groups in total. The molecular formula is C11H21NO. The Balaban J connectivity index is 3.36. The zero-order valence-corrected chi connectivity index (χ0v) is 9.26. The fourth-order valence-corrected chi connectivity index (χ4v) is 0.948. The van der Waals surface area contributed by atoms with Crippen molar-refractivity contribution in [1.82, 2.24) is 0 Å². The van der Waals surface area contributed by atoms with Gasteiger partial charge >= 0.3 is 0 Å². The number of rotatable bonds is 5. The van der Waals surface area contributed by atoms with Crippen LogP contribution in [0.1, 0.15) is 53.4 Å². The Labute approximate surface area is 81.4 Å². The number of carbonyl (C=O) groups excluding carboxylic acids is 1. The highest BCUT2D eigenvalue weighted by molar-refractivity contribution is 5.75. The maximum Gasteiger partial charge on any atom is 0.129 e. The molecule has 2 heteroatoms. The lowest BCUT2D eigenvalue weighted by molar-refractivity contribution is -0.117. The van der Waals surface area contributed by atoms with Crippen molar-refractivity contribution >= 4 is 12.0 Å². The summed E-state index contributed by atoms with van der Waals surface area (Å²) in [6.45, 7) is 7.89. The van der Waals surface area contributed by atoms with Crippen LogP contribution in [-0.4, -0.2) is 17.5 Å². The van der Waals surface area contributed by atoms with Crippen LogP contribution in [0.4, 0.5) is 0 Å². The van der Waals surface area contributed by atoms with E-state index in [1.54, 1.807) is 6.92 Å². The highest BCUT2D eigenvalue weighted by Gasteiger charge is 2.03. The zero-order valence-electron chi connectivity index (χ0n) is 9.26. The van der Waals surface area contributed by atoms with Crippen LogP contribution < -0.4 is 0 Å². The molecule has 0 aliphatic carbocycles. The second kappa shape index (κ2) is 5.90. The molecule has 0 radical (unpaired) electrons. The minimum Gasteiger partial charge on any atom is -0.300 e. The van der Waals surface area contributed by atoms with E-state index in [2.05, 4.69) is 25.8 Å². The van der Waals surface area contributed by atoms with Gasteiger partial charge in [-0.15, -0.1) is 0 Å². The number of carbonyl (C=O) groups is 1. The Morgan fingerprint density at radius 1 is 1.31 bits per heavy atom. The first kappa shape index (κ1) is 12.3. The lowest BCUT2D eigenvalue weighted by Gasteiger charge is -2.10. The summed E-state index contributed by atoms with van der Waals surface area (Å²) in [7, 11) is 0. The lowest BCUT2D eigenvalue weighted by atomic mass is 10.1. The molecule has 0 saturated carbocycles. The van der Waals surface area contributed by atoms with Crippen molar-refractivity contribution in [3.63, 3.8) is 0 Å². The molecular weight excluding hydrogens is 162 g/mol. The number of Topliss-reactive ketones (excluding diaryl/α,β-unsaturated/α-hetero) is 1. The van der Waals surface area contributed by atoms with Crippen molar-refractivity contribution in [3.8, 4) is 0 Å². The summed E-state index contributed by atoms with van der Waals surface area (Å²) in [6, 6.07) is 0. The smallest absolute Gasteiger partial charge is 0.129 e. The van der Waals surface area contributed by atoms with Gasteiger partial charge in [0.25, 0.3) is 0 Å². The summed E-state index contributed by atoms with van der Waals surface area (Å²) in [5, 5.41) is 0. The van der Waals surface area contributed by atoms with Gasteiger partial charge in [-0.25, -0.2) is 0 Å². The number of unbranched alkanes of at least 4 members (excludes halogenated alkanes) is 2. The number of ketones is 1. The first-order valence-electron chi connectivity index (χ1n) is 4.95. The van der Waals surface area contributed by atoms with E-state index in [-0.39, 0.29) is 11.3 Å². The molecule has 0 aliphatic rings. The lowest BCUT2D eigenvalue weighted by Crippen LogP contribution is -2.09. The fraction of sp³-hybridized carbons (Fsp3) is 0.818. The molecule has 13 heavy (non-hydrogen) atoms. The van der Waals surface area contributed by atoms with Gasteiger partial charge in [-0.3, -0.25) is 4.99 Å². The largest absolute Gasteiger partial charge is 0.300 e. The molecule has 0 rings (SSSR count). The Kier molecular flexibility index (Phi) is 5.60. The quantitative estimate of drug-likeness (QED) is 0.476. The summed E-state index contributed by atoms with van der Waals surface area (Å²) in [5.41, 5.74) is 0.0422. The fourth-order valence-electron chi connectivity index (χ4n) is 0.948. The molecule has 0 unspecified atom stereocenters. The van der Waals surface area contributed by atoms with Crippen LogP contribution in [0.25, 0.3) is 0 Å². The number of hydrogen-bond acceptors (Lipinski definition) is 2. The van der Waals surface area contributed by atoms with Crippen LogP contribution in [0.3, 0.4) is 0 Å². The predicted octanol–water partition coefficient (Wildman–Crippen LogP) is 3.01. The van der Waals surface area contributed by atoms with Crippen LogP contribution in [0, 0.1) is 0 Å². The van der Waals surface area contributed by atoms with Gasteiger partial charge in [0.05, 0.1) is 5.54 Å². The second-order valence-corrected chi connectivity index (χ2v) is 4.43. The second-order valence-electron chi connectivity index (χ2n) is 4.43. The monoisotopic (exact) mass is 183 g/mol. The van der Waals surface area contributed by atoms with Crippen molar-refractivity contribution in [3.05, 3.63) is 0 Å². The van der Waals surface area contributed by atoms with E-state index >= 15 is 0 Å². The van der Waals surface area contributed by atoms with Crippen LogP contribution in [0.2, 0.25) is 0 Å². The third-order valence-electron chi connectivity index (χ3n) is 1.59. The molecule has 0 saturated heterocycles. The first-order valence-corrected chi connectivity index (χ1v) is 4.95. The summed E-state index contributed by atoms with van der Waals surface area (Å²) >= 11 is 0. The number of hydrogen-bond donors (Lipinski definition) is 0. The third kappa shape index (κ3) is 11.3. The molecule has 0 fully saturated rings. The van der Waals surface area contributed by atoms with Crippen LogP contribution in [0.5, 0.6) is 0 Å². The standard InChI is InChI=1S/C11H21NO/c1-10(13)8-6-5-7-9-12-11(2,3)4/h9H,5-8H2,1-4H3. The van der Waals surface area contributed by atoms with Gasteiger partial charge in [-0.1, -0.05) is 0 Å². The molecule has 0 bridgehead atoms. The van der Waals surface area contributed by atoms with E-state index in [0.717, 1.165) is 19.3 Å². The van der Waals surface area contributed by atoms with Crippen LogP contribution >= 0.6 is 0 Å². The van der Waals surface area contributed by atoms with Crippen molar-refractivity contribution < 1.29 is 4.79 Å². The average molecular weight is 183 g/mol. The van der Waals surface area contributed by atoms with E-state index < -0.39 is 0 Å². The molecule has 0 aliphatic heterocycles. The van der Waals surface area contributed by atoms with Gasteiger partial charge in [0.2, 0.25) is 0 Å². The van der Waals surface area contributed by atoms with Crippen molar-refractivity contribution in [2.75, 3.05) is 0 Å². The van der Waals surface area contributed by atoms with Gasteiger partial charge in [0.15, 0.2) is 0 Å². The molecule has 2 nitrogen and oxygen atoms in total. The Bertz CT molecular complexity index is 177. The highest BCUT2D eigenvalue weighted by Crippen LogP contribution is 2.06. The maximum absolute atomic E-state index is 10.6. The molecule has 0 aromatic rings. The highest BCUT2D eigenvalue weighted by atomic mass is 16.1. The Morgan fingerprint density at radius 2 is 1.92 bits per heavy atom. The van der Waals surface area contributed by atoms with Gasteiger partial charge in [-0.05, 0) is 53.2 Å². The van der Waals surface area contributed by atoms with Gasteiger partial charge in [0, 0.05) is 6.42 Å². The summed E-state index contributed by atoms with van der Waals surface area (Å²) in [5.74, 6) is 0.285. The van der Waals surface area contributed by atoms with Crippen molar-refractivity contribution in [1.29, 1.82) is 0 Å². The predicted molar refractivity (Wildman–Crippen MR) is 57.4 cm³/mol. The number of nitrogens with zero attached hydrogens (tertiary/aromatic N) is 1. The molecule has 76 valence electrons. The molecule has 0 atom stereocenters. The summed E-state index contributed by atoms with van der Waals surface area (Å²) < 4.78 is 0. The van der Waals surface area contributed by atoms with Crippen molar-refractivity contribution in [2.24, 2.45) is 4.99 Å². The summed E-state index contributed by atoms with van der Waals surface area (Å²) in [6.07, 6.45) is 5.73. The van der Waals surface area contributed by atoms with Crippen LogP contribution in [0.15, 0.2) is 4.99 Å². The summed E-state index contributed by atoms with van der Waals surface area (Å²) in [4.78, 5) is 15.0. The molecule has 0 aromatic carbocycles. The van der Waals surface area contributed by atoms with Gasteiger partial charge in [0.1, 0.15) is 5.78 Å². The first-order chi connectivity index (χ1) is 5.92. The Hall–Kier alpha value is -0.660. The van der Waals surface area contributed by atoms with E-state index in [0.29, 0.717) is 6.42 Å². The molecule has 0 spiro atoms. The van der Waals surface area contributed by atoms with E-state index in [1.165, 1.54) is 0 Å². The van der Waals surface area contributed by atoms with E-state index in [9.17, 15) is 4.79 Å². The number of aliphatic imine (C=N–C) groups is 1. The molecule has 0 aromatic heterocycles. The minimum absolute atomic E-state index is 0.0422. The zero-order chi connectivity index (χ0) is 10.3. The third-order valence-corrected chi connectivity index (χ3v) is 1.59. The van der Waals surface area contributed by atoms with Gasteiger partial charge < -0.3 is 4.79 Å². The molecule has 0 heterocycles. The van der Waals surface area contributed by atoms with E-state index in [1.807, 2.05) is 6.21 Å². The van der Waals surface area contributed by atoms with Crippen molar-refractivity contribution in [2.45, 2.75) is 58.9 Å².